The third-order valence-corrected chi connectivity index (χ3v) is 1.91. The quantitative estimate of drug-likeness (QED) is 0.684. The lowest BCUT2D eigenvalue weighted by Crippen LogP contribution is -2.35. The lowest BCUT2D eigenvalue weighted by Gasteiger charge is -2.03. The summed E-state index contributed by atoms with van der Waals surface area (Å²) in [5.41, 5.74) is 3.63. The zero-order valence-corrected chi connectivity index (χ0v) is 8.14. The van der Waals surface area contributed by atoms with Gasteiger partial charge in [0.2, 0.25) is 10.0 Å². The predicted octanol–water partition coefficient (Wildman–Crippen LogP) is 0.240. The van der Waals surface area contributed by atoms with Crippen LogP contribution in [-0.4, -0.2) is 14.7 Å². The number of benzene rings is 1. The van der Waals surface area contributed by atoms with E-state index in [4.69, 9.17) is 0 Å². The molecule has 4 nitrogen and oxygen atoms in total. The van der Waals surface area contributed by atoms with Gasteiger partial charge in [-0.15, -0.1) is 0 Å². The third kappa shape index (κ3) is 4.62. The van der Waals surface area contributed by atoms with Crippen molar-refractivity contribution in [3.8, 4) is 0 Å². The third-order valence-electron chi connectivity index (χ3n) is 1.39. The Labute approximate surface area is 78.0 Å². The van der Waals surface area contributed by atoms with Crippen molar-refractivity contribution in [1.29, 1.82) is 0 Å². The molecule has 0 bridgehead atoms. The lowest BCUT2D eigenvalue weighted by molar-refractivity contribution is 0.561. The minimum absolute atomic E-state index is 0.480. The molecule has 0 amide bonds. The average molecular weight is 200 g/mol. The van der Waals surface area contributed by atoms with E-state index in [2.05, 4.69) is 10.3 Å². The Morgan fingerprint density at radius 2 is 1.85 bits per heavy atom. The van der Waals surface area contributed by atoms with Crippen LogP contribution < -0.4 is 10.3 Å². The standard InChI is InChI=1S/C8H12N2O2S/c1-13(11,12)10-9-7-8-5-3-2-4-6-8/h2-6,9-10H,7H2,1H3. The summed E-state index contributed by atoms with van der Waals surface area (Å²) in [4.78, 5) is 2.19. The number of nitrogens with one attached hydrogen (secondary N) is 2. The van der Waals surface area contributed by atoms with E-state index in [1.165, 1.54) is 0 Å². The zero-order valence-electron chi connectivity index (χ0n) is 7.32. The van der Waals surface area contributed by atoms with Gasteiger partial charge in [-0.2, -0.15) is 4.83 Å². The van der Waals surface area contributed by atoms with E-state index < -0.39 is 10.0 Å². The first-order valence-electron chi connectivity index (χ1n) is 3.81. The summed E-state index contributed by atoms with van der Waals surface area (Å²) in [6.07, 6.45) is 1.10. The summed E-state index contributed by atoms with van der Waals surface area (Å²) >= 11 is 0. The second-order valence-electron chi connectivity index (χ2n) is 2.71. The monoisotopic (exact) mass is 200 g/mol. The summed E-state index contributed by atoms with van der Waals surface area (Å²) < 4.78 is 21.3. The number of sulfonamides is 1. The van der Waals surface area contributed by atoms with Gasteiger partial charge in [-0.1, -0.05) is 30.3 Å². The Morgan fingerprint density at radius 1 is 1.23 bits per heavy atom. The van der Waals surface area contributed by atoms with Crippen molar-refractivity contribution >= 4 is 10.0 Å². The van der Waals surface area contributed by atoms with Gasteiger partial charge in [0.1, 0.15) is 0 Å². The molecule has 5 heteroatoms. The Balaban J connectivity index is 2.37. The highest BCUT2D eigenvalue weighted by Gasteiger charge is 1.97. The molecule has 2 N–H and O–H groups in total. The minimum Gasteiger partial charge on any atom is -0.240 e. The first-order chi connectivity index (χ1) is 6.08. The van der Waals surface area contributed by atoms with E-state index in [1.54, 1.807) is 0 Å². The minimum atomic E-state index is -3.16. The summed E-state index contributed by atoms with van der Waals surface area (Å²) in [5, 5.41) is 0. The maximum Gasteiger partial charge on any atom is 0.221 e. The van der Waals surface area contributed by atoms with Crippen molar-refractivity contribution in [2.75, 3.05) is 6.26 Å². The van der Waals surface area contributed by atoms with Gasteiger partial charge >= 0.3 is 0 Å². The molecule has 1 aromatic carbocycles. The van der Waals surface area contributed by atoms with Gasteiger partial charge in [0.05, 0.1) is 6.26 Å². The summed E-state index contributed by atoms with van der Waals surface area (Å²) in [7, 11) is -3.16. The van der Waals surface area contributed by atoms with Gasteiger partial charge < -0.3 is 0 Å². The fourth-order valence-electron chi connectivity index (χ4n) is 0.865. The van der Waals surface area contributed by atoms with Crippen molar-refractivity contribution in [3.05, 3.63) is 35.9 Å². The van der Waals surface area contributed by atoms with Crippen LogP contribution in [0.5, 0.6) is 0 Å². The molecule has 13 heavy (non-hydrogen) atoms. The molecule has 0 aromatic heterocycles. The van der Waals surface area contributed by atoms with Crippen LogP contribution in [0.3, 0.4) is 0 Å². The van der Waals surface area contributed by atoms with E-state index in [9.17, 15) is 8.42 Å². The molecule has 0 heterocycles. The molecular formula is C8H12N2O2S. The highest BCUT2D eigenvalue weighted by molar-refractivity contribution is 7.88. The van der Waals surface area contributed by atoms with Crippen LogP contribution in [0.25, 0.3) is 0 Å². The van der Waals surface area contributed by atoms with Gasteiger partial charge in [-0.05, 0) is 5.56 Å². The molecule has 0 saturated heterocycles. The van der Waals surface area contributed by atoms with Crippen LogP contribution in [0.2, 0.25) is 0 Å². The zero-order chi connectivity index (χ0) is 9.73. The largest absolute Gasteiger partial charge is 0.240 e. The van der Waals surface area contributed by atoms with E-state index in [0.29, 0.717) is 6.54 Å². The molecule has 0 saturated carbocycles. The van der Waals surface area contributed by atoms with Gasteiger partial charge in [0.25, 0.3) is 0 Å². The molecule has 0 spiro atoms. The molecule has 1 rings (SSSR count). The summed E-state index contributed by atoms with van der Waals surface area (Å²) in [6.45, 7) is 0.480. The lowest BCUT2D eigenvalue weighted by atomic mass is 10.2. The van der Waals surface area contributed by atoms with Crippen molar-refractivity contribution < 1.29 is 8.42 Å². The van der Waals surface area contributed by atoms with E-state index in [0.717, 1.165) is 11.8 Å². The van der Waals surface area contributed by atoms with Crippen LogP contribution in [0.4, 0.5) is 0 Å². The van der Waals surface area contributed by atoms with E-state index >= 15 is 0 Å². The highest BCUT2D eigenvalue weighted by Crippen LogP contribution is 1.96. The Kier molecular flexibility index (Phi) is 3.41. The van der Waals surface area contributed by atoms with Crippen LogP contribution in [-0.2, 0) is 16.6 Å². The first-order valence-corrected chi connectivity index (χ1v) is 5.70. The molecule has 0 unspecified atom stereocenters. The average Bonchev–Trinajstić information content (AvgIpc) is 2.04. The summed E-state index contributed by atoms with van der Waals surface area (Å²) in [5.74, 6) is 0. The number of rotatable bonds is 4. The normalized spacial score (nSPS) is 11.5. The van der Waals surface area contributed by atoms with Crippen LogP contribution in [0.1, 0.15) is 5.56 Å². The second kappa shape index (κ2) is 4.36. The Bertz CT molecular complexity index is 348. The predicted molar refractivity (Wildman–Crippen MR) is 51.3 cm³/mol. The van der Waals surface area contributed by atoms with Gasteiger partial charge in [0, 0.05) is 6.54 Å². The fourth-order valence-corrected chi connectivity index (χ4v) is 1.20. The topological polar surface area (TPSA) is 58.2 Å². The van der Waals surface area contributed by atoms with Crippen LogP contribution >= 0.6 is 0 Å². The van der Waals surface area contributed by atoms with Crippen molar-refractivity contribution in [3.63, 3.8) is 0 Å². The SMILES string of the molecule is CS(=O)(=O)NNCc1ccccc1. The molecule has 72 valence electrons. The van der Waals surface area contributed by atoms with Crippen molar-refractivity contribution in [1.82, 2.24) is 10.3 Å². The molecule has 1 aromatic rings. The smallest absolute Gasteiger partial charge is 0.221 e. The van der Waals surface area contributed by atoms with Crippen molar-refractivity contribution in [2.24, 2.45) is 0 Å². The molecule has 0 radical (unpaired) electrons. The first kappa shape index (κ1) is 10.2. The molecular weight excluding hydrogens is 188 g/mol. The van der Waals surface area contributed by atoms with Crippen LogP contribution in [0, 0.1) is 0 Å². The highest BCUT2D eigenvalue weighted by atomic mass is 32.2. The fraction of sp³-hybridized carbons (Fsp3) is 0.250. The molecule has 0 aliphatic carbocycles. The number of hydrogen-bond acceptors (Lipinski definition) is 3. The van der Waals surface area contributed by atoms with Gasteiger partial charge in [0.15, 0.2) is 0 Å². The maximum absolute atomic E-state index is 10.6. The Hall–Kier alpha value is -0.910. The van der Waals surface area contributed by atoms with Crippen LogP contribution in [0.15, 0.2) is 30.3 Å². The number of hydrazine groups is 1. The number of hydrogen-bond donors (Lipinski definition) is 2. The van der Waals surface area contributed by atoms with Gasteiger partial charge in [-0.25, -0.2) is 13.8 Å². The van der Waals surface area contributed by atoms with Gasteiger partial charge in [-0.3, -0.25) is 0 Å². The van der Waals surface area contributed by atoms with Crippen molar-refractivity contribution in [2.45, 2.75) is 6.54 Å². The van der Waals surface area contributed by atoms with E-state index in [1.807, 2.05) is 30.3 Å². The molecule has 0 fully saturated rings. The summed E-state index contributed by atoms with van der Waals surface area (Å²) in [6, 6.07) is 9.54. The Morgan fingerprint density at radius 3 is 2.38 bits per heavy atom. The van der Waals surface area contributed by atoms with E-state index in [-0.39, 0.29) is 0 Å². The second-order valence-corrected chi connectivity index (χ2v) is 4.46. The molecule has 0 atom stereocenters. The maximum atomic E-state index is 10.6. The molecule has 0 aliphatic heterocycles. The molecule has 0 aliphatic rings.